The Bertz CT molecular complexity index is 615. The van der Waals surface area contributed by atoms with Gasteiger partial charge in [0.15, 0.2) is 11.5 Å². The summed E-state index contributed by atoms with van der Waals surface area (Å²) in [4.78, 5) is 16.5. The molecule has 7 nitrogen and oxygen atoms in total. The lowest BCUT2D eigenvalue weighted by atomic mass is 10.3. The lowest BCUT2D eigenvalue weighted by Gasteiger charge is -2.34. The average molecular weight is 318 g/mol. The van der Waals surface area contributed by atoms with Crippen LogP contribution < -0.4 is 5.32 Å². The van der Waals surface area contributed by atoms with Gasteiger partial charge in [-0.05, 0) is 19.1 Å². The predicted octanol–water partition coefficient (Wildman–Crippen LogP) is 1.12. The van der Waals surface area contributed by atoms with E-state index in [-0.39, 0.29) is 5.91 Å². The Balaban J connectivity index is 1.34. The molecule has 124 valence electrons. The van der Waals surface area contributed by atoms with Crippen molar-refractivity contribution >= 4 is 5.91 Å². The first kappa shape index (κ1) is 15.8. The molecule has 1 fully saturated rings. The fourth-order valence-corrected chi connectivity index (χ4v) is 2.70. The van der Waals surface area contributed by atoms with Crippen molar-refractivity contribution in [2.75, 3.05) is 39.3 Å². The smallest absolute Gasteiger partial charge is 0.287 e. The van der Waals surface area contributed by atoms with E-state index >= 15 is 0 Å². The van der Waals surface area contributed by atoms with E-state index in [1.165, 1.54) is 6.26 Å². The number of piperazine rings is 1. The normalized spacial score (nSPS) is 16.6. The summed E-state index contributed by atoms with van der Waals surface area (Å²) in [5.74, 6) is 1.12. The van der Waals surface area contributed by atoms with Crippen molar-refractivity contribution in [1.29, 1.82) is 0 Å². The molecular weight excluding hydrogens is 296 g/mol. The maximum absolute atomic E-state index is 11.8. The number of nitrogens with one attached hydrogen (secondary N) is 1. The van der Waals surface area contributed by atoms with E-state index in [0.717, 1.165) is 50.7 Å². The first-order valence-corrected chi connectivity index (χ1v) is 7.89. The van der Waals surface area contributed by atoms with Crippen molar-refractivity contribution in [1.82, 2.24) is 20.3 Å². The lowest BCUT2D eigenvalue weighted by Crippen LogP contribution is -2.48. The molecule has 3 rings (SSSR count). The number of hydrogen-bond donors (Lipinski definition) is 1. The molecule has 2 aromatic rings. The van der Waals surface area contributed by atoms with Gasteiger partial charge >= 0.3 is 0 Å². The number of aromatic nitrogens is 1. The van der Waals surface area contributed by atoms with Gasteiger partial charge in [0.2, 0.25) is 0 Å². The molecule has 1 aliphatic rings. The highest BCUT2D eigenvalue weighted by atomic mass is 16.5. The van der Waals surface area contributed by atoms with Gasteiger partial charge in [-0.15, -0.1) is 0 Å². The molecule has 1 aliphatic heterocycles. The van der Waals surface area contributed by atoms with Crippen molar-refractivity contribution in [3.05, 3.63) is 41.7 Å². The van der Waals surface area contributed by atoms with Crippen LogP contribution in [0.2, 0.25) is 0 Å². The standard InChI is InChI=1S/C16H22N4O3/c1-13-11-14(23-18-13)12-20-8-6-19(7-9-20)5-4-17-16(21)15-3-2-10-22-15/h2-3,10-11H,4-9,12H2,1H3,(H,17,21). The minimum absolute atomic E-state index is 0.158. The van der Waals surface area contributed by atoms with Gasteiger partial charge in [0.25, 0.3) is 5.91 Å². The Morgan fingerprint density at radius 3 is 2.74 bits per heavy atom. The Morgan fingerprint density at radius 2 is 2.09 bits per heavy atom. The molecule has 0 saturated carbocycles. The van der Waals surface area contributed by atoms with Gasteiger partial charge in [-0.3, -0.25) is 14.6 Å². The molecule has 2 aromatic heterocycles. The summed E-state index contributed by atoms with van der Waals surface area (Å²) in [6, 6.07) is 5.36. The van der Waals surface area contributed by atoms with Crippen LogP contribution in [0.5, 0.6) is 0 Å². The van der Waals surface area contributed by atoms with Crippen molar-refractivity contribution < 1.29 is 13.7 Å². The van der Waals surface area contributed by atoms with Crippen molar-refractivity contribution in [3.63, 3.8) is 0 Å². The van der Waals surface area contributed by atoms with Gasteiger partial charge in [-0.1, -0.05) is 5.16 Å². The van der Waals surface area contributed by atoms with E-state index in [2.05, 4.69) is 20.3 Å². The molecule has 0 radical (unpaired) electrons. The maximum atomic E-state index is 11.8. The number of aryl methyl sites for hydroxylation is 1. The predicted molar refractivity (Wildman–Crippen MR) is 84.0 cm³/mol. The number of carbonyl (C=O) groups excluding carboxylic acids is 1. The number of amides is 1. The van der Waals surface area contributed by atoms with Crippen molar-refractivity contribution in [3.8, 4) is 0 Å². The van der Waals surface area contributed by atoms with E-state index in [1.54, 1.807) is 12.1 Å². The van der Waals surface area contributed by atoms with Gasteiger partial charge < -0.3 is 14.3 Å². The zero-order chi connectivity index (χ0) is 16.1. The first-order chi connectivity index (χ1) is 11.2. The third-order valence-corrected chi connectivity index (χ3v) is 3.98. The Kier molecular flexibility index (Phi) is 5.09. The highest BCUT2D eigenvalue weighted by Gasteiger charge is 2.18. The molecule has 0 bridgehead atoms. The Morgan fingerprint density at radius 1 is 1.30 bits per heavy atom. The van der Waals surface area contributed by atoms with E-state index in [1.807, 2.05) is 13.0 Å². The minimum Gasteiger partial charge on any atom is -0.459 e. The van der Waals surface area contributed by atoms with E-state index < -0.39 is 0 Å². The molecule has 0 unspecified atom stereocenters. The number of nitrogens with zero attached hydrogens (tertiary/aromatic N) is 3. The third kappa shape index (κ3) is 4.43. The molecule has 0 aliphatic carbocycles. The van der Waals surface area contributed by atoms with E-state index in [4.69, 9.17) is 8.94 Å². The van der Waals surface area contributed by atoms with Crippen LogP contribution in [0.1, 0.15) is 22.0 Å². The molecule has 1 amide bonds. The zero-order valence-corrected chi connectivity index (χ0v) is 13.3. The van der Waals surface area contributed by atoms with E-state index in [9.17, 15) is 4.79 Å². The van der Waals surface area contributed by atoms with Gasteiger partial charge in [-0.2, -0.15) is 0 Å². The summed E-state index contributed by atoms with van der Waals surface area (Å²) in [6.07, 6.45) is 1.50. The van der Waals surface area contributed by atoms with Crippen LogP contribution in [0, 0.1) is 6.92 Å². The summed E-state index contributed by atoms with van der Waals surface area (Å²) in [7, 11) is 0. The van der Waals surface area contributed by atoms with Gasteiger partial charge in [0, 0.05) is 45.3 Å². The highest BCUT2D eigenvalue weighted by Crippen LogP contribution is 2.09. The molecule has 1 saturated heterocycles. The zero-order valence-electron chi connectivity index (χ0n) is 13.3. The second-order valence-corrected chi connectivity index (χ2v) is 5.79. The average Bonchev–Trinajstić information content (AvgIpc) is 3.21. The van der Waals surface area contributed by atoms with Crippen LogP contribution in [0.3, 0.4) is 0 Å². The number of carbonyl (C=O) groups is 1. The quantitative estimate of drug-likeness (QED) is 0.860. The van der Waals surface area contributed by atoms with E-state index in [0.29, 0.717) is 12.3 Å². The van der Waals surface area contributed by atoms with Crippen LogP contribution in [0.15, 0.2) is 33.4 Å². The summed E-state index contributed by atoms with van der Waals surface area (Å²) >= 11 is 0. The lowest BCUT2D eigenvalue weighted by molar-refractivity contribution is 0.0903. The molecule has 0 aromatic carbocycles. The largest absolute Gasteiger partial charge is 0.459 e. The van der Waals surface area contributed by atoms with Crippen LogP contribution >= 0.6 is 0 Å². The molecule has 1 N–H and O–H groups in total. The van der Waals surface area contributed by atoms with Crippen LogP contribution in [0.4, 0.5) is 0 Å². The third-order valence-electron chi connectivity index (χ3n) is 3.98. The molecule has 0 spiro atoms. The molecule has 0 atom stereocenters. The highest BCUT2D eigenvalue weighted by molar-refractivity contribution is 5.91. The van der Waals surface area contributed by atoms with Crippen LogP contribution in [-0.2, 0) is 6.54 Å². The molecular formula is C16H22N4O3. The Hall–Kier alpha value is -2.12. The molecule has 3 heterocycles. The molecule has 23 heavy (non-hydrogen) atoms. The van der Waals surface area contributed by atoms with Crippen molar-refractivity contribution in [2.24, 2.45) is 0 Å². The number of furan rings is 1. The second-order valence-electron chi connectivity index (χ2n) is 5.79. The molecule has 7 heteroatoms. The fraction of sp³-hybridized carbons (Fsp3) is 0.500. The van der Waals surface area contributed by atoms with Gasteiger partial charge in [-0.25, -0.2) is 0 Å². The first-order valence-electron chi connectivity index (χ1n) is 7.89. The van der Waals surface area contributed by atoms with Crippen LogP contribution in [0.25, 0.3) is 0 Å². The summed E-state index contributed by atoms with van der Waals surface area (Å²) in [5, 5.41) is 6.79. The summed E-state index contributed by atoms with van der Waals surface area (Å²) in [6.45, 7) is 8.18. The monoisotopic (exact) mass is 318 g/mol. The maximum Gasteiger partial charge on any atom is 0.287 e. The minimum atomic E-state index is -0.158. The van der Waals surface area contributed by atoms with Gasteiger partial charge in [0.1, 0.15) is 0 Å². The summed E-state index contributed by atoms with van der Waals surface area (Å²) < 4.78 is 10.3. The van der Waals surface area contributed by atoms with Gasteiger partial charge in [0.05, 0.1) is 18.5 Å². The van der Waals surface area contributed by atoms with Crippen molar-refractivity contribution in [2.45, 2.75) is 13.5 Å². The number of rotatable bonds is 6. The topological polar surface area (TPSA) is 74.8 Å². The fourth-order valence-electron chi connectivity index (χ4n) is 2.70. The van der Waals surface area contributed by atoms with Crippen LogP contribution in [-0.4, -0.2) is 60.1 Å². The number of hydrogen-bond acceptors (Lipinski definition) is 6. The summed E-state index contributed by atoms with van der Waals surface area (Å²) in [5.41, 5.74) is 0.922. The SMILES string of the molecule is Cc1cc(CN2CCN(CCNC(=O)c3ccco3)CC2)on1. The second kappa shape index (κ2) is 7.43. The Labute approximate surface area is 135 Å².